The molecule has 0 spiro atoms. The number of aliphatic carboxylic acids is 1. The molecule has 6 nitrogen and oxygen atoms in total. The quantitative estimate of drug-likeness (QED) is 0.745. The number of nitrogens with one attached hydrogen (secondary N) is 1. The zero-order valence-electron chi connectivity index (χ0n) is 10.4. The van der Waals surface area contributed by atoms with Gasteiger partial charge in [-0.3, -0.25) is 0 Å². The van der Waals surface area contributed by atoms with Gasteiger partial charge in [0.05, 0.1) is 6.61 Å². The molecular formula is C11H20N2O4. The molecule has 1 aliphatic heterocycles. The van der Waals surface area contributed by atoms with Crippen molar-refractivity contribution < 1.29 is 19.4 Å². The van der Waals surface area contributed by atoms with Crippen LogP contribution in [0.1, 0.15) is 26.7 Å². The smallest absolute Gasteiger partial charge is 0.332 e. The van der Waals surface area contributed by atoms with Crippen molar-refractivity contribution >= 4 is 12.0 Å². The fourth-order valence-electron chi connectivity index (χ4n) is 1.84. The average Bonchev–Trinajstić information content (AvgIpc) is 2.75. The molecule has 0 aliphatic carbocycles. The Morgan fingerprint density at radius 2 is 2.18 bits per heavy atom. The van der Waals surface area contributed by atoms with Crippen LogP contribution in [-0.2, 0) is 9.53 Å². The van der Waals surface area contributed by atoms with Gasteiger partial charge in [0.2, 0.25) is 0 Å². The molecule has 0 bridgehead atoms. The van der Waals surface area contributed by atoms with E-state index in [-0.39, 0.29) is 12.6 Å². The lowest BCUT2D eigenvalue weighted by atomic mass is 9.99. The Hall–Kier alpha value is -1.30. The van der Waals surface area contributed by atoms with Crippen molar-refractivity contribution in [2.24, 2.45) is 0 Å². The van der Waals surface area contributed by atoms with Crippen molar-refractivity contribution in [3.8, 4) is 0 Å². The van der Waals surface area contributed by atoms with Gasteiger partial charge in [-0.05, 0) is 13.3 Å². The molecule has 1 fully saturated rings. The zero-order chi connectivity index (χ0) is 12.9. The van der Waals surface area contributed by atoms with Crippen LogP contribution in [0.15, 0.2) is 0 Å². The molecule has 0 aromatic carbocycles. The molecule has 2 N–H and O–H groups in total. The highest BCUT2D eigenvalue weighted by molar-refractivity contribution is 5.86. The Kier molecular flexibility index (Phi) is 4.74. The van der Waals surface area contributed by atoms with Crippen molar-refractivity contribution in [3.05, 3.63) is 0 Å². The minimum Gasteiger partial charge on any atom is -0.479 e. The number of nitrogens with zero attached hydrogens (tertiary/aromatic N) is 1. The van der Waals surface area contributed by atoms with Gasteiger partial charge in [0.1, 0.15) is 0 Å². The maximum atomic E-state index is 11.9. The van der Waals surface area contributed by atoms with E-state index in [9.17, 15) is 14.7 Å². The molecule has 1 unspecified atom stereocenters. The SMILES string of the molecule is CCCN(CC)C(=O)NC1(C(=O)O)CCOC1. The minimum atomic E-state index is -1.25. The van der Waals surface area contributed by atoms with Gasteiger partial charge < -0.3 is 20.1 Å². The minimum absolute atomic E-state index is 0.0394. The van der Waals surface area contributed by atoms with Crippen LogP contribution in [0.25, 0.3) is 0 Å². The fraction of sp³-hybridized carbons (Fsp3) is 0.818. The molecule has 6 heteroatoms. The molecular weight excluding hydrogens is 224 g/mol. The molecule has 1 heterocycles. The van der Waals surface area contributed by atoms with E-state index in [1.165, 1.54) is 0 Å². The Morgan fingerprint density at radius 3 is 2.59 bits per heavy atom. The van der Waals surface area contributed by atoms with Crippen LogP contribution in [0.3, 0.4) is 0 Å². The van der Waals surface area contributed by atoms with Gasteiger partial charge in [0.15, 0.2) is 5.54 Å². The first-order valence-electron chi connectivity index (χ1n) is 5.94. The molecule has 1 aliphatic rings. The summed E-state index contributed by atoms with van der Waals surface area (Å²) < 4.78 is 5.08. The maximum Gasteiger partial charge on any atom is 0.332 e. The van der Waals surface area contributed by atoms with Gasteiger partial charge in [0.25, 0.3) is 0 Å². The third-order valence-electron chi connectivity index (χ3n) is 2.94. The predicted octanol–water partition coefficient (Wildman–Crippen LogP) is 0.672. The van der Waals surface area contributed by atoms with E-state index in [0.29, 0.717) is 26.1 Å². The summed E-state index contributed by atoms with van der Waals surface area (Å²) in [6, 6.07) is -0.331. The van der Waals surface area contributed by atoms with E-state index in [4.69, 9.17) is 4.74 Å². The van der Waals surface area contributed by atoms with Crippen LogP contribution in [0.5, 0.6) is 0 Å². The first-order chi connectivity index (χ1) is 8.05. The van der Waals surface area contributed by atoms with Crippen LogP contribution >= 0.6 is 0 Å². The highest BCUT2D eigenvalue weighted by atomic mass is 16.5. The Balaban J connectivity index is 2.67. The second-order valence-corrected chi connectivity index (χ2v) is 4.20. The normalized spacial score (nSPS) is 23.4. The number of hydrogen-bond donors (Lipinski definition) is 2. The summed E-state index contributed by atoms with van der Waals surface area (Å²) in [5.41, 5.74) is -1.25. The molecule has 2 amide bonds. The van der Waals surface area contributed by atoms with E-state index in [1.54, 1.807) is 4.90 Å². The third kappa shape index (κ3) is 3.09. The number of amides is 2. The lowest BCUT2D eigenvalue weighted by molar-refractivity contribution is -0.144. The summed E-state index contributed by atoms with van der Waals surface area (Å²) >= 11 is 0. The summed E-state index contributed by atoms with van der Waals surface area (Å²) in [5.74, 6) is -1.03. The summed E-state index contributed by atoms with van der Waals surface area (Å²) in [5, 5.41) is 11.8. The van der Waals surface area contributed by atoms with Gasteiger partial charge in [-0.15, -0.1) is 0 Å². The summed E-state index contributed by atoms with van der Waals surface area (Å²) in [7, 11) is 0. The van der Waals surface area contributed by atoms with Gasteiger partial charge in [-0.25, -0.2) is 9.59 Å². The number of carbonyl (C=O) groups is 2. The van der Waals surface area contributed by atoms with Crippen molar-refractivity contribution in [1.29, 1.82) is 0 Å². The molecule has 98 valence electrons. The highest BCUT2D eigenvalue weighted by Gasteiger charge is 2.44. The average molecular weight is 244 g/mol. The Labute approximate surface area is 101 Å². The van der Waals surface area contributed by atoms with Crippen LogP contribution in [0.4, 0.5) is 4.79 Å². The van der Waals surface area contributed by atoms with E-state index in [1.807, 2.05) is 13.8 Å². The van der Waals surface area contributed by atoms with Crippen LogP contribution in [0, 0.1) is 0 Å². The molecule has 0 saturated carbocycles. The number of urea groups is 1. The molecule has 1 atom stereocenters. The van der Waals surface area contributed by atoms with E-state index in [2.05, 4.69) is 5.32 Å². The van der Waals surface area contributed by atoms with Crippen LogP contribution < -0.4 is 5.32 Å². The standard InChI is InChI=1S/C11H20N2O4/c1-3-6-13(4-2)10(16)12-11(9(14)15)5-7-17-8-11/h3-8H2,1-2H3,(H,12,16)(H,14,15). The number of carbonyl (C=O) groups excluding carboxylic acids is 1. The third-order valence-corrected chi connectivity index (χ3v) is 2.94. The molecule has 0 aromatic rings. The van der Waals surface area contributed by atoms with E-state index in [0.717, 1.165) is 6.42 Å². The number of carboxylic acids is 1. The maximum absolute atomic E-state index is 11.9. The van der Waals surface area contributed by atoms with Crippen molar-refractivity contribution in [2.45, 2.75) is 32.2 Å². The van der Waals surface area contributed by atoms with Crippen LogP contribution in [-0.4, -0.2) is 53.8 Å². The lowest BCUT2D eigenvalue weighted by Gasteiger charge is -2.28. The lowest BCUT2D eigenvalue weighted by Crippen LogP contribution is -2.58. The second-order valence-electron chi connectivity index (χ2n) is 4.20. The molecule has 1 rings (SSSR count). The Morgan fingerprint density at radius 1 is 1.47 bits per heavy atom. The topological polar surface area (TPSA) is 78.9 Å². The summed E-state index contributed by atoms with van der Waals surface area (Å²) in [6.45, 7) is 5.44. The number of rotatable bonds is 5. The monoisotopic (exact) mass is 244 g/mol. The van der Waals surface area contributed by atoms with E-state index >= 15 is 0 Å². The number of ether oxygens (including phenoxy) is 1. The first kappa shape index (κ1) is 13.8. The largest absolute Gasteiger partial charge is 0.479 e. The van der Waals surface area contributed by atoms with Gasteiger partial charge in [-0.2, -0.15) is 0 Å². The van der Waals surface area contributed by atoms with Crippen LogP contribution in [0.2, 0.25) is 0 Å². The fourth-order valence-corrected chi connectivity index (χ4v) is 1.84. The summed E-state index contributed by atoms with van der Waals surface area (Å²) in [6.07, 6.45) is 1.16. The van der Waals surface area contributed by atoms with Gasteiger partial charge in [-0.1, -0.05) is 6.92 Å². The highest BCUT2D eigenvalue weighted by Crippen LogP contribution is 2.19. The molecule has 0 radical (unpaired) electrons. The predicted molar refractivity (Wildman–Crippen MR) is 61.9 cm³/mol. The van der Waals surface area contributed by atoms with Crippen molar-refractivity contribution in [2.75, 3.05) is 26.3 Å². The first-order valence-corrected chi connectivity index (χ1v) is 5.94. The van der Waals surface area contributed by atoms with Gasteiger partial charge in [0, 0.05) is 26.1 Å². The zero-order valence-corrected chi connectivity index (χ0v) is 10.4. The summed E-state index contributed by atoms with van der Waals surface area (Å²) in [4.78, 5) is 24.7. The second kappa shape index (κ2) is 5.86. The number of hydrogen-bond acceptors (Lipinski definition) is 3. The molecule has 17 heavy (non-hydrogen) atoms. The van der Waals surface area contributed by atoms with E-state index < -0.39 is 11.5 Å². The Bertz CT molecular complexity index is 287. The molecule has 0 aromatic heterocycles. The van der Waals surface area contributed by atoms with Crippen molar-refractivity contribution in [3.63, 3.8) is 0 Å². The molecule has 1 saturated heterocycles. The van der Waals surface area contributed by atoms with Gasteiger partial charge >= 0.3 is 12.0 Å². The van der Waals surface area contributed by atoms with Crippen molar-refractivity contribution in [1.82, 2.24) is 10.2 Å². The number of carboxylic acid groups (broad SMARTS) is 1.